The molecule has 0 bridgehead atoms. The van der Waals surface area contributed by atoms with Gasteiger partial charge in [-0.15, -0.1) is 0 Å². The molecule has 0 amide bonds. The summed E-state index contributed by atoms with van der Waals surface area (Å²) >= 11 is 6.05. The molecule has 24 heavy (non-hydrogen) atoms. The Balaban J connectivity index is 1.64. The normalized spacial score (nSPS) is 20.5. The van der Waals surface area contributed by atoms with Crippen LogP contribution in [0.15, 0.2) is 59.5 Å². The Morgan fingerprint density at radius 2 is 2.04 bits per heavy atom. The van der Waals surface area contributed by atoms with Crippen LogP contribution in [-0.4, -0.2) is 16.3 Å². The number of fused-ring (bicyclic) bond motifs is 2. The van der Waals surface area contributed by atoms with E-state index in [-0.39, 0.29) is 0 Å². The Hall–Kier alpha value is -2.72. The minimum atomic E-state index is 0.312. The molecule has 1 aliphatic carbocycles. The fourth-order valence-corrected chi connectivity index (χ4v) is 3.76. The van der Waals surface area contributed by atoms with Gasteiger partial charge in [-0.1, -0.05) is 35.9 Å². The van der Waals surface area contributed by atoms with Gasteiger partial charge < -0.3 is 4.98 Å². The summed E-state index contributed by atoms with van der Waals surface area (Å²) < 4.78 is 0. The smallest absolute Gasteiger partial charge is 0.107 e. The fourth-order valence-electron chi connectivity index (χ4n) is 3.64. The second-order valence-electron chi connectivity index (χ2n) is 6.09. The van der Waals surface area contributed by atoms with Gasteiger partial charge in [-0.2, -0.15) is 0 Å². The van der Waals surface area contributed by atoms with Crippen LogP contribution < -0.4 is 5.43 Å². The predicted octanol–water partition coefficient (Wildman–Crippen LogP) is 4.26. The molecular weight excluding hydrogens is 320 g/mol. The van der Waals surface area contributed by atoms with Gasteiger partial charge in [0.1, 0.15) is 6.34 Å². The van der Waals surface area contributed by atoms with Crippen LogP contribution in [0.1, 0.15) is 34.7 Å². The molecule has 1 aromatic heterocycles. The SMILES string of the molecule is Clc1ccc(C2CC=C3c4c(c[nH]c42)C=CC2=CN=CNN23)cc1. The van der Waals surface area contributed by atoms with Crippen LogP contribution >= 0.6 is 11.6 Å². The summed E-state index contributed by atoms with van der Waals surface area (Å²) in [4.78, 5) is 7.69. The standard InChI is InChI=1S/C19H15ClN4/c20-14-4-1-12(2-5-14)16-7-8-17-18-13(9-22-19(16)18)3-6-15-10-21-11-23-24(15)17/h1-6,8-11,16,22H,7H2,(H,21,23). The Morgan fingerprint density at radius 3 is 2.92 bits per heavy atom. The quantitative estimate of drug-likeness (QED) is 0.818. The van der Waals surface area contributed by atoms with Crippen LogP contribution in [0.3, 0.4) is 0 Å². The first-order valence-electron chi connectivity index (χ1n) is 7.95. The highest BCUT2D eigenvalue weighted by Crippen LogP contribution is 2.43. The predicted molar refractivity (Wildman–Crippen MR) is 97.3 cm³/mol. The first-order valence-corrected chi connectivity index (χ1v) is 8.32. The van der Waals surface area contributed by atoms with E-state index in [1.807, 2.05) is 18.3 Å². The molecular formula is C19H15ClN4. The van der Waals surface area contributed by atoms with E-state index in [0.717, 1.165) is 17.1 Å². The molecule has 4 nitrogen and oxygen atoms in total. The maximum Gasteiger partial charge on any atom is 0.107 e. The summed E-state index contributed by atoms with van der Waals surface area (Å²) in [7, 11) is 0. The number of aliphatic imine (C=N–C) groups is 1. The summed E-state index contributed by atoms with van der Waals surface area (Å²) in [5, 5.41) is 2.86. The number of hydrogen-bond donors (Lipinski definition) is 2. The van der Waals surface area contributed by atoms with Gasteiger partial charge in [0.25, 0.3) is 0 Å². The monoisotopic (exact) mass is 334 g/mol. The van der Waals surface area contributed by atoms with E-state index >= 15 is 0 Å². The van der Waals surface area contributed by atoms with Crippen LogP contribution in [0.2, 0.25) is 5.02 Å². The lowest BCUT2D eigenvalue weighted by atomic mass is 9.84. The molecule has 0 saturated carbocycles. The highest BCUT2D eigenvalue weighted by atomic mass is 35.5. The van der Waals surface area contributed by atoms with Crippen molar-refractivity contribution >= 4 is 29.7 Å². The molecule has 2 aromatic rings. The van der Waals surface area contributed by atoms with E-state index < -0.39 is 0 Å². The van der Waals surface area contributed by atoms with E-state index in [1.165, 1.54) is 28.1 Å². The maximum absolute atomic E-state index is 6.05. The number of aromatic amines is 1. The molecule has 118 valence electrons. The van der Waals surface area contributed by atoms with Gasteiger partial charge in [0, 0.05) is 34.0 Å². The highest BCUT2D eigenvalue weighted by molar-refractivity contribution is 6.30. The molecule has 5 rings (SSSR count). The van der Waals surface area contributed by atoms with Gasteiger partial charge in [0.15, 0.2) is 0 Å². The number of rotatable bonds is 1. The summed E-state index contributed by atoms with van der Waals surface area (Å²) in [6.07, 6.45) is 13.1. The molecule has 1 unspecified atom stereocenters. The number of nitrogens with zero attached hydrogens (tertiary/aromatic N) is 2. The first kappa shape index (κ1) is 13.7. The zero-order chi connectivity index (χ0) is 16.1. The molecule has 1 aromatic carbocycles. The van der Waals surface area contributed by atoms with Gasteiger partial charge in [-0.3, -0.25) is 10.4 Å². The third-order valence-electron chi connectivity index (χ3n) is 4.77. The van der Waals surface area contributed by atoms with E-state index in [9.17, 15) is 0 Å². The molecule has 0 fully saturated rings. The first-order chi connectivity index (χ1) is 11.8. The topological polar surface area (TPSA) is 43.4 Å². The lowest BCUT2D eigenvalue weighted by Crippen LogP contribution is -2.36. The van der Waals surface area contributed by atoms with Crippen molar-refractivity contribution < 1.29 is 0 Å². The van der Waals surface area contributed by atoms with Crippen molar-refractivity contribution in [2.75, 3.05) is 0 Å². The Kier molecular flexibility index (Phi) is 2.94. The molecule has 2 aliphatic heterocycles. The van der Waals surface area contributed by atoms with Crippen molar-refractivity contribution in [1.82, 2.24) is 15.4 Å². The number of hydrogen-bond acceptors (Lipinski definition) is 3. The van der Waals surface area contributed by atoms with Crippen molar-refractivity contribution in [3.63, 3.8) is 0 Å². The van der Waals surface area contributed by atoms with Crippen molar-refractivity contribution in [3.8, 4) is 0 Å². The zero-order valence-electron chi connectivity index (χ0n) is 12.8. The molecule has 0 spiro atoms. The van der Waals surface area contributed by atoms with Crippen LogP contribution in [-0.2, 0) is 0 Å². The number of allylic oxidation sites excluding steroid dienone is 2. The van der Waals surface area contributed by atoms with E-state index in [2.05, 4.69) is 57.0 Å². The molecule has 2 N–H and O–H groups in total. The van der Waals surface area contributed by atoms with Crippen LogP contribution in [0.4, 0.5) is 0 Å². The molecule has 0 radical (unpaired) electrons. The Morgan fingerprint density at radius 1 is 1.17 bits per heavy atom. The third-order valence-corrected chi connectivity index (χ3v) is 5.02. The molecule has 0 saturated heterocycles. The maximum atomic E-state index is 6.05. The second-order valence-corrected chi connectivity index (χ2v) is 6.53. The van der Waals surface area contributed by atoms with E-state index in [1.54, 1.807) is 6.34 Å². The number of halogens is 1. The van der Waals surface area contributed by atoms with E-state index in [0.29, 0.717) is 5.92 Å². The third kappa shape index (κ3) is 1.96. The van der Waals surface area contributed by atoms with Crippen molar-refractivity contribution in [2.24, 2.45) is 4.99 Å². The zero-order valence-corrected chi connectivity index (χ0v) is 13.6. The van der Waals surface area contributed by atoms with Crippen molar-refractivity contribution in [3.05, 3.63) is 81.9 Å². The number of H-pyrrole nitrogens is 1. The van der Waals surface area contributed by atoms with Crippen LogP contribution in [0, 0.1) is 0 Å². The molecule has 1 atom stereocenters. The molecule has 5 heteroatoms. The van der Waals surface area contributed by atoms with Gasteiger partial charge >= 0.3 is 0 Å². The van der Waals surface area contributed by atoms with Gasteiger partial charge in [-0.25, -0.2) is 4.99 Å². The number of hydrazine groups is 1. The molecule has 3 aliphatic rings. The summed E-state index contributed by atoms with van der Waals surface area (Å²) in [6.45, 7) is 0. The lowest BCUT2D eigenvalue weighted by molar-refractivity contribution is 0.449. The van der Waals surface area contributed by atoms with Crippen LogP contribution in [0.25, 0.3) is 11.8 Å². The Labute approximate surface area is 144 Å². The number of benzene rings is 1. The van der Waals surface area contributed by atoms with Crippen molar-refractivity contribution in [1.29, 1.82) is 0 Å². The minimum Gasteiger partial charge on any atom is -0.363 e. The summed E-state index contributed by atoms with van der Waals surface area (Å²) in [5.41, 5.74) is 10.4. The van der Waals surface area contributed by atoms with Gasteiger partial charge in [0.2, 0.25) is 0 Å². The minimum absolute atomic E-state index is 0.312. The summed E-state index contributed by atoms with van der Waals surface area (Å²) in [6, 6.07) is 8.15. The van der Waals surface area contributed by atoms with Gasteiger partial charge in [-0.05, 0) is 30.2 Å². The van der Waals surface area contributed by atoms with Gasteiger partial charge in [0.05, 0.1) is 17.6 Å². The fraction of sp³-hybridized carbons (Fsp3) is 0.105. The average Bonchev–Trinajstić information content (AvgIpc) is 2.97. The Bertz CT molecular complexity index is 931. The van der Waals surface area contributed by atoms with Crippen LogP contribution in [0.5, 0.6) is 0 Å². The summed E-state index contributed by atoms with van der Waals surface area (Å²) in [5.74, 6) is 0.312. The second kappa shape index (κ2) is 5.14. The largest absolute Gasteiger partial charge is 0.363 e. The molecule has 3 heterocycles. The lowest BCUT2D eigenvalue weighted by Gasteiger charge is -2.32. The highest BCUT2D eigenvalue weighted by Gasteiger charge is 2.31. The van der Waals surface area contributed by atoms with E-state index in [4.69, 9.17) is 11.6 Å². The number of nitrogens with one attached hydrogen (secondary N) is 2. The van der Waals surface area contributed by atoms with Crippen molar-refractivity contribution in [2.45, 2.75) is 12.3 Å². The average molecular weight is 335 g/mol. The number of aromatic nitrogens is 1.